The quantitative estimate of drug-likeness (QED) is 0.500. The molecule has 0 bridgehead atoms. The fourth-order valence-electron chi connectivity index (χ4n) is 2.59. The summed E-state index contributed by atoms with van der Waals surface area (Å²) >= 11 is 1.61. The second-order valence-electron chi connectivity index (χ2n) is 6.95. The van der Waals surface area contributed by atoms with E-state index >= 15 is 0 Å². The third-order valence-electron chi connectivity index (χ3n) is 4.05. The Balaban J connectivity index is 2.84. The van der Waals surface area contributed by atoms with E-state index in [-0.39, 0.29) is 11.8 Å². The molecule has 6 nitrogen and oxygen atoms in total. The van der Waals surface area contributed by atoms with Crippen LogP contribution in [0.2, 0.25) is 0 Å². The van der Waals surface area contributed by atoms with E-state index in [1.54, 1.807) is 11.8 Å². The van der Waals surface area contributed by atoms with E-state index in [1.165, 1.54) is 0 Å². The van der Waals surface area contributed by atoms with Gasteiger partial charge in [-0.2, -0.15) is 11.8 Å². The van der Waals surface area contributed by atoms with E-state index in [0.29, 0.717) is 19.3 Å². The van der Waals surface area contributed by atoms with Gasteiger partial charge in [-0.05, 0) is 36.3 Å². The summed E-state index contributed by atoms with van der Waals surface area (Å²) in [5, 5.41) is 5.43. The van der Waals surface area contributed by atoms with Gasteiger partial charge in [0.15, 0.2) is 0 Å². The van der Waals surface area contributed by atoms with Crippen molar-refractivity contribution in [2.45, 2.75) is 51.2 Å². The van der Waals surface area contributed by atoms with Crippen LogP contribution < -0.4 is 16.4 Å². The maximum Gasteiger partial charge on any atom is 0.243 e. The Morgan fingerprint density at radius 2 is 1.81 bits per heavy atom. The van der Waals surface area contributed by atoms with Crippen molar-refractivity contribution in [2.24, 2.45) is 11.7 Å². The van der Waals surface area contributed by atoms with Crippen molar-refractivity contribution >= 4 is 29.9 Å². The van der Waals surface area contributed by atoms with E-state index in [4.69, 9.17) is 5.73 Å². The van der Waals surface area contributed by atoms with Crippen LogP contribution in [0.15, 0.2) is 30.3 Å². The van der Waals surface area contributed by atoms with Crippen LogP contribution in [0.4, 0.5) is 0 Å². The average Bonchev–Trinajstić information content (AvgIpc) is 2.65. The summed E-state index contributed by atoms with van der Waals surface area (Å²) in [5.74, 6) is 0.230. The van der Waals surface area contributed by atoms with Gasteiger partial charge in [-0.15, -0.1) is 0 Å². The Morgan fingerprint density at radius 3 is 2.37 bits per heavy atom. The monoisotopic (exact) mass is 392 g/mol. The maximum absolute atomic E-state index is 12.7. The van der Waals surface area contributed by atoms with Crippen molar-refractivity contribution in [3.8, 4) is 0 Å². The summed E-state index contributed by atoms with van der Waals surface area (Å²) in [7, 11) is 0. The molecule has 0 saturated carbocycles. The minimum Gasteiger partial charge on any atom is -0.344 e. The van der Waals surface area contributed by atoms with Gasteiger partial charge >= 0.3 is 0 Å². The van der Waals surface area contributed by atoms with Crippen LogP contribution in [0.25, 0.3) is 0 Å². The maximum atomic E-state index is 12.7. The molecule has 1 radical (unpaired) electrons. The summed E-state index contributed by atoms with van der Waals surface area (Å²) < 4.78 is 0. The smallest absolute Gasteiger partial charge is 0.243 e. The van der Waals surface area contributed by atoms with Gasteiger partial charge in [-0.3, -0.25) is 14.4 Å². The third kappa shape index (κ3) is 9.06. The molecular weight excluding hydrogens is 362 g/mol. The fraction of sp³-hybridized carbons (Fsp3) is 0.550. The van der Waals surface area contributed by atoms with E-state index in [0.717, 1.165) is 11.3 Å². The van der Waals surface area contributed by atoms with Crippen molar-refractivity contribution in [3.63, 3.8) is 0 Å². The first-order valence-electron chi connectivity index (χ1n) is 9.14. The number of nitrogens with one attached hydrogen (secondary N) is 2. The van der Waals surface area contributed by atoms with Gasteiger partial charge in [0.25, 0.3) is 0 Å². The lowest BCUT2D eigenvalue weighted by Gasteiger charge is -2.23. The van der Waals surface area contributed by atoms with Crippen molar-refractivity contribution < 1.29 is 14.4 Å². The van der Waals surface area contributed by atoms with Gasteiger partial charge < -0.3 is 16.4 Å². The van der Waals surface area contributed by atoms with E-state index in [1.807, 2.05) is 56.7 Å². The molecule has 27 heavy (non-hydrogen) atoms. The highest BCUT2D eigenvalue weighted by Gasteiger charge is 2.26. The summed E-state index contributed by atoms with van der Waals surface area (Å²) in [6, 6.07) is 7.23. The number of nitrogens with two attached hydrogens (primary N) is 1. The molecule has 149 valence electrons. The zero-order chi connectivity index (χ0) is 20.2. The molecule has 4 N–H and O–H groups in total. The molecule has 0 aliphatic heterocycles. The standard InChI is InChI=1S/C20H30N3O3S/c1-14(2)11-16(13-24)22-20(26)18(12-15-7-5-4-6-8-15)23-19(25)17(21)9-10-27-3/h4-8,14,16-18H,9-12,21H2,1-3H3,(H,22,26)(H,23,25)/t16-,17-,18-/m0/s1. The van der Waals surface area contributed by atoms with Crippen molar-refractivity contribution in [1.82, 2.24) is 10.6 Å². The third-order valence-corrected chi connectivity index (χ3v) is 4.70. The molecule has 1 rings (SSSR count). The Labute approximate surface area is 166 Å². The minimum absolute atomic E-state index is 0.235. The summed E-state index contributed by atoms with van der Waals surface area (Å²) in [4.78, 5) is 36.3. The summed E-state index contributed by atoms with van der Waals surface area (Å²) in [6.07, 6.45) is 5.16. The SMILES string of the molecule is CSCC[C@H](N)C(=O)N[C@@H](Cc1ccccc1)C(=O)N[C@H]([C]=O)CC(C)C. The van der Waals surface area contributed by atoms with Crippen LogP contribution in [0, 0.1) is 5.92 Å². The highest BCUT2D eigenvalue weighted by Crippen LogP contribution is 2.07. The Kier molecular flexibility index (Phi) is 10.7. The molecule has 2 amide bonds. The largest absolute Gasteiger partial charge is 0.344 e. The predicted octanol–water partition coefficient (Wildman–Crippen LogP) is 1.43. The van der Waals surface area contributed by atoms with Crippen molar-refractivity contribution in [2.75, 3.05) is 12.0 Å². The highest BCUT2D eigenvalue weighted by atomic mass is 32.2. The van der Waals surface area contributed by atoms with Crippen LogP contribution in [0.1, 0.15) is 32.3 Å². The average molecular weight is 393 g/mol. The zero-order valence-electron chi connectivity index (χ0n) is 16.2. The molecule has 0 aliphatic carbocycles. The number of hydrogen-bond acceptors (Lipinski definition) is 5. The number of rotatable bonds is 12. The number of carbonyl (C=O) groups excluding carboxylic acids is 3. The van der Waals surface area contributed by atoms with Gasteiger partial charge in [0, 0.05) is 6.42 Å². The molecule has 0 unspecified atom stereocenters. The normalized spacial score (nSPS) is 14.3. The van der Waals surface area contributed by atoms with Gasteiger partial charge in [-0.1, -0.05) is 44.2 Å². The van der Waals surface area contributed by atoms with Crippen LogP contribution in [0.5, 0.6) is 0 Å². The van der Waals surface area contributed by atoms with E-state index < -0.39 is 24.0 Å². The Morgan fingerprint density at radius 1 is 1.15 bits per heavy atom. The van der Waals surface area contributed by atoms with Crippen LogP contribution in [-0.4, -0.2) is 48.2 Å². The lowest BCUT2D eigenvalue weighted by atomic mass is 10.0. The molecule has 1 aromatic rings. The molecule has 7 heteroatoms. The van der Waals surface area contributed by atoms with Crippen LogP contribution in [-0.2, 0) is 20.8 Å². The number of hydrogen-bond donors (Lipinski definition) is 3. The number of benzene rings is 1. The second-order valence-corrected chi connectivity index (χ2v) is 7.93. The molecular formula is C20H30N3O3S. The first-order valence-corrected chi connectivity index (χ1v) is 10.5. The predicted molar refractivity (Wildman–Crippen MR) is 110 cm³/mol. The number of amides is 2. The van der Waals surface area contributed by atoms with Gasteiger partial charge in [0.2, 0.25) is 18.1 Å². The Bertz CT molecular complexity index is 595. The van der Waals surface area contributed by atoms with E-state index in [2.05, 4.69) is 10.6 Å². The molecule has 1 aromatic carbocycles. The summed E-state index contributed by atoms with van der Waals surface area (Å²) in [6.45, 7) is 3.93. The molecule has 0 saturated heterocycles. The molecule has 0 aliphatic rings. The molecule has 3 atom stereocenters. The molecule has 0 heterocycles. The van der Waals surface area contributed by atoms with Crippen molar-refractivity contribution in [1.29, 1.82) is 0 Å². The Hall–Kier alpha value is -1.86. The fourth-order valence-corrected chi connectivity index (χ4v) is 3.08. The number of carbonyl (C=O) groups is 2. The molecule has 0 fully saturated rings. The van der Waals surface area contributed by atoms with E-state index in [9.17, 15) is 14.4 Å². The molecule has 0 spiro atoms. The highest BCUT2D eigenvalue weighted by molar-refractivity contribution is 7.98. The minimum atomic E-state index is -0.803. The van der Waals surface area contributed by atoms with Crippen LogP contribution >= 0.6 is 11.8 Å². The summed E-state index contributed by atoms with van der Waals surface area (Å²) in [5.41, 5.74) is 6.83. The first kappa shape index (κ1) is 23.2. The van der Waals surface area contributed by atoms with Crippen LogP contribution in [0.3, 0.4) is 0 Å². The second kappa shape index (κ2) is 12.5. The number of thioether (sulfide) groups is 1. The first-order chi connectivity index (χ1) is 12.9. The van der Waals surface area contributed by atoms with Gasteiger partial charge in [0.1, 0.15) is 6.04 Å². The molecule has 0 aromatic heterocycles. The topological polar surface area (TPSA) is 101 Å². The van der Waals surface area contributed by atoms with Crippen molar-refractivity contribution in [3.05, 3.63) is 35.9 Å². The lowest BCUT2D eigenvalue weighted by molar-refractivity contribution is -0.129. The lowest BCUT2D eigenvalue weighted by Crippen LogP contribution is -2.54. The van der Waals surface area contributed by atoms with Gasteiger partial charge in [-0.25, -0.2) is 0 Å². The zero-order valence-corrected chi connectivity index (χ0v) is 17.1. The van der Waals surface area contributed by atoms with Gasteiger partial charge in [0.05, 0.1) is 12.1 Å².